The fourth-order valence-electron chi connectivity index (χ4n) is 9.06. The first-order chi connectivity index (χ1) is 29.2. The molecule has 0 spiro atoms. The van der Waals surface area contributed by atoms with Crippen molar-refractivity contribution >= 4 is 87.2 Å². The summed E-state index contributed by atoms with van der Waals surface area (Å²) in [6, 6.07) is 63.3. The number of fused-ring (bicyclic) bond motifs is 12. The molecule has 0 aliphatic rings. The summed E-state index contributed by atoms with van der Waals surface area (Å²) in [5.41, 5.74) is 9.21. The zero-order valence-electron chi connectivity index (χ0n) is 31.4. The number of hydrogen-bond donors (Lipinski definition) is 0. The van der Waals surface area contributed by atoms with Gasteiger partial charge in [-0.1, -0.05) is 121 Å². The van der Waals surface area contributed by atoms with Gasteiger partial charge < -0.3 is 13.4 Å². The molecule has 0 fully saturated rings. The summed E-state index contributed by atoms with van der Waals surface area (Å²) >= 11 is 0. The number of rotatable bonds is 4. The topological polar surface area (TPSA) is 69.9 Å². The minimum absolute atomic E-state index is 0.552. The SMILES string of the molecule is c1ccc(-c2nc(-c3ccc4ccc5oc6cc(-n7c8ccccc8c8cc9ccccc9cc87)ccc6c5c4c3)nc(-c3cccc4c3oc3ccccc34)n2)cc1. The number of hydrogen-bond acceptors (Lipinski definition) is 5. The Morgan fingerprint density at radius 3 is 1.98 bits per heavy atom. The van der Waals surface area contributed by atoms with Crippen LogP contribution in [0.3, 0.4) is 0 Å². The fraction of sp³-hybridized carbons (Fsp3) is 0. The van der Waals surface area contributed by atoms with Crippen molar-refractivity contribution in [2.45, 2.75) is 0 Å². The molecule has 13 rings (SSSR count). The summed E-state index contributed by atoms with van der Waals surface area (Å²) in [6.45, 7) is 0. The second kappa shape index (κ2) is 12.2. The van der Waals surface area contributed by atoms with Crippen molar-refractivity contribution in [3.63, 3.8) is 0 Å². The zero-order valence-corrected chi connectivity index (χ0v) is 31.4. The zero-order chi connectivity index (χ0) is 38.6. The third kappa shape index (κ3) is 4.84. The monoisotopic (exact) mass is 754 g/mol. The van der Waals surface area contributed by atoms with Crippen molar-refractivity contribution in [3.05, 3.63) is 182 Å². The predicted molar refractivity (Wildman–Crippen MR) is 240 cm³/mol. The second-order valence-electron chi connectivity index (χ2n) is 15.2. The molecule has 4 heterocycles. The maximum Gasteiger partial charge on any atom is 0.167 e. The van der Waals surface area contributed by atoms with Gasteiger partial charge in [0.15, 0.2) is 17.5 Å². The van der Waals surface area contributed by atoms with Gasteiger partial charge >= 0.3 is 0 Å². The average molecular weight is 755 g/mol. The second-order valence-corrected chi connectivity index (χ2v) is 15.2. The van der Waals surface area contributed by atoms with E-state index >= 15 is 0 Å². The van der Waals surface area contributed by atoms with E-state index in [-0.39, 0.29) is 0 Å². The van der Waals surface area contributed by atoms with E-state index in [0.717, 1.165) is 82.5 Å². The highest BCUT2D eigenvalue weighted by atomic mass is 16.3. The number of aromatic nitrogens is 4. The molecule has 0 saturated heterocycles. The molecule has 0 bridgehead atoms. The van der Waals surface area contributed by atoms with E-state index in [2.05, 4.69) is 126 Å². The minimum atomic E-state index is 0.552. The van der Waals surface area contributed by atoms with Crippen LogP contribution in [-0.2, 0) is 0 Å². The van der Waals surface area contributed by atoms with Crippen LogP contribution in [0.15, 0.2) is 191 Å². The van der Waals surface area contributed by atoms with E-state index in [1.54, 1.807) is 0 Å². The van der Waals surface area contributed by atoms with Crippen molar-refractivity contribution < 1.29 is 8.83 Å². The first-order valence-corrected chi connectivity index (χ1v) is 19.8. The van der Waals surface area contributed by atoms with Gasteiger partial charge in [0, 0.05) is 55.2 Å². The van der Waals surface area contributed by atoms with Gasteiger partial charge in [-0.25, -0.2) is 15.0 Å². The van der Waals surface area contributed by atoms with Crippen LogP contribution in [-0.4, -0.2) is 19.5 Å². The van der Waals surface area contributed by atoms with Crippen LogP contribution in [0.4, 0.5) is 0 Å². The Hall–Kier alpha value is -8.09. The molecular weight excluding hydrogens is 725 g/mol. The highest BCUT2D eigenvalue weighted by Crippen LogP contribution is 2.41. The fourth-order valence-corrected chi connectivity index (χ4v) is 9.06. The Kier molecular flexibility index (Phi) is 6.63. The molecular formula is C53H30N4O2. The summed E-state index contributed by atoms with van der Waals surface area (Å²) in [5, 5.41) is 11.3. The molecule has 0 radical (unpaired) electrons. The van der Waals surface area contributed by atoms with Crippen LogP contribution in [0.5, 0.6) is 0 Å². The largest absolute Gasteiger partial charge is 0.456 e. The molecule has 4 aromatic heterocycles. The lowest BCUT2D eigenvalue weighted by Crippen LogP contribution is -2.00. The van der Waals surface area contributed by atoms with Crippen LogP contribution in [0, 0.1) is 0 Å². The molecule has 0 aliphatic heterocycles. The Morgan fingerprint density at radius 1 is 0.356 bits per heavy atom. The van der Waals surface area contributed by atoms with E-state index < -0.39 is 0 Å². The summed E-state index contributed by atoms with van der Waals surface area (Å²) in [5.74, 6) is 1.72. The van der Waals surface area contributed by atoms with Crippen molar-refractivity contribution in [2.75, 3.05) is 0 Å². The summed E-state index contributed by atoms with van der Waals surface area (Å²) in [6.07, 6.45) is 0. The van der Waals surface area contributed by atoms with Gasteiger partial charge in [0.2, 0.25) is 0 Å². The van der Waals surface area contributed by atoms with Crippen LogP contribution in [0.25, 0.3) is 127 Å². The maximum absolute atomic E-state index is 6.69. The number of furan rings is 2. The van der Waals surface area contributed by atoms with E-state index in [1.807, 2.05) is 60.7 Å². The van der Waals surface area contributed by atoms with Gasteiger partial charge in [0.1, 0.15) is 22.3 Å². The van der Waals surface area contributed by atoms with Crippen molar-refractivity contribution in [1.82, 2.24) is 19.5 Å². The molecule has 6 heteroatoms. The lowest BCUT2D eigenvalue weighted by molar-refractivity contribution is 0.668. The maximum atomic E-state index is 6.69. The molecule has 6 nitrogen and oxygen atoms in total. The molecule has 0 saturated carbocycles. The summed E-state index contributed by atoms with van der Waals surface area (Å²) in [7, 11) is 0. The molecule has 13 aromatic rings. The lowest BCUT2D eigenvalue weighted by atomic mass is 10.0. The van der Waals surface area contributed by atoms with E-state index in [4.69, 9.17) is 23.8 Å². The highest BCUT2D eigenvalue weighted by Gasteiger charge is 2.20. The summed E-state index contributed by atoms with van der Waals surface area (Å²) < 4.78 is 15.5. The van der Waals surface area contributed by atoms with Gasteiger partial charge in [-0.05, 0) is 76.1 Å². The van der Waals surface area contributed by atoms with Crippen LogP contribution < -0.4 is 0 Å². The summed E-state index contributed by atoms with van der Waals surface area (Å²) in [4.78, 5) is 15.3. The average Bonchev–Trinajstić information content (AvgIpc) is 3.97. The van der Waals surface area contributed by atoms with Crippen LogP contribution >= 0.6 is 0 Å². The third-order valence-corrected chi connectivity index (χ3v) is 11.8. The molecule has 0 N–H and O–H groups in total. The third-order valence-electron chi connectivity index (χ3n) is 11.8. The molecule has 0 amide bonds. The number of para-hydroxylation sites is 3. The van der Waals surface area contributed by atoms with Gasteiger partial charge in [-0.3, -0.25) is 0 Å². The van der Waals surface area contributed by atoms with Crippen LogP contribution in [0.2, 0.25) is 0 Å². The number of nitrogens with zero attached hydrogens (tertiary/aromatic N) is 4. The Morgan fingerprint density at radius 2 is 1.08 bits per heavy atom. The standard InChI is InChI=1S/C53H30N4O2/c1-2-11-32(12-3-1)51-54-52(56-53(55-51)41-18-10-17-39-38-16-7-9-20-46(38)59-50(39)41)35-22-21-31-23-26-47-49(42(31)28-35)40-25-24-36(30-48(40)58-47)57-44-19-8-6-15-37(44)43-27-33-13-4-5-14-34(33)29-45(43)57/h1-30H. The van der Waals surface area contributed by atoms with E-state index in [0.29, 0.717) is 17.5 Å². The molecule has 59 heavy (non-hydrogen) atoms. The van der Waals surface area contributed by atoms with Gasteiger partial charge in [0.25, 0.3) is 0 Å². The lowest BCUT2D eigenvalue weighted by Gasteiger charge is -2.10. The minimum Gasteiger partial charge on any atom is -0.456 e. The highest BCUT2D eigenvalue weighted by molar-refractivity contribution is 6.20. The smallest absolute Gasteiger partial charge is 0.167 e. The first kappa shape index (κ1) is 32.0. The molecule has 9 aromatic carbocycles. The van der Waals surface area contributed by atoms with Crippen molar-refractivity contribution in [2.24, 2.45) is 0 Å². The Balaban J connectivity index is 0.997. The van der Waals surface area contributed by atoms with E-state index in [1.165, 1.54) is 27.1 Å². The molecule has 0 unspecified atom stereocenters. The van der Waals surface area contributed by atoms with Gasteiger partial charge in [-0.15, -0.1) is 0 Å². The van der Waals surface area contributed by atoms with Crippen LogP contribution in [0.1, 0.15) is 0 Å². The van der Waals surface area contributed by atoms with E-state index in [9.17, 15) is 0 Å². The van der Waals surface area contributed by atoms with Crippen molar-refractivity contribution in [1.29, 1.82) is 0 Å². The van der Waals surface area contributed by atoms with Crippen molar-refractivity contribution in [3.8, 4) is 39.9 Å². The molecule has 274 valence electrons. The Bertz CT molecular complexity index is 3860. The van der Waals surface area contributed by atoms with Gasteiger partial charge in [0.05, 0.1) is 16.6 Å². The predicted octanol–water partition coefficient (Wildman–Crippen LogP) is 14.1. The quantitative estimate of drug-likeness (QED) is 0.179. The van der Waals surface area contributed by atoms with Gasteiger partial charge in [-0.2, -0.15) is 0 Å². The first-order valence-electron chi connectivity index (χ1n) is 19.8. The number of benzene rings is 9. The normalized spacial score (nSPS) is 12.1. The molecule has 0 atom stereocenters. The molecule has 0 aliphatic carbocycles. The Labute approximate surface area is 336 Å².